The van der Waals surface area contributed by atoms with Crippen LogP contribution in [0, 0.1) is 97.2 Å². The maximum atomic E-state index is 14.8. The van der Waals surface area contributed by atoms with E-state index in [0.29, 0.717) is 99.2 Å². The van der Waals surface area contributed by atoms with Crippen LogP contribution < -0.4 is 11.5 Å². The van der Waals surface area contributed by atoms with Gasteiger partial charge in [0.2, 0.25) is 0 Å². The molecule has 0 spiro atoms. The van der Waals surface area contributed by atoms with Gasteiger partial charge >= 0.3 is 33.5 Å². The third-order valence-electron chi connectivity index (χ3n) is 24.4. The Labute approximate surface area is 824 Å². The number of hydrogen-bond donors (Lipinski definition) is 4. The molecule has 2 aliphatic heterocycles. The normalized spacial score (nSPS) is 19.8. The van der Waals surface area contributed by atoms with E-state index in [9.17, 15) is 104 Å². The van der Waals surface area contributed by atoms with Gasteiger partial charge in [0, 0.05) is 74.6 Å². The van der Waals surface area contributed by atoms with Crippen molar-refractivity contribution in [2.24, 2.45) is 33.3 Å². The number of alkyl halides is 4. The van der Waals surface area contributed by atoms with Crippen molar-refractivity contribution in [1.82, 2.24) is 0 Å². The highest BCUT2D eigenvalue weighted by Gasteiger charge is 2.51. The van der Waals surface area contributed by atoms with Crippen LogP contribution in [0.5, 0.6) is 0 Å². The summed E-state index contributed by atoms with van der Waals surface area (Å²) in [6.07, 6.45) is 21.6. The van der Waals surface area contributed by atoms with Crippen molar-refractivity contribution in [1.29, 1.82) is 5.41 Å². The lowest BCUT2D eigenvalue weighted by atomic mass is 9.69. The SMILES string of the molecule is C.CC(C)(C)OC(=O)CC1=N[C@@]2(c3cc([N+](=O)[O-])cc(F)c3F)CCCC[C@H]2CS1.CCOC(=O)C1=C(OS(=O)(=O)C(F)(F)F)CCCC1.CCOC(=O)C1=C(c2cccc(F)c2F)CCCC1.Cl.Fc1cccc(C2=C(CCl)CCCC2)c1F.N=C(N)SCC1=C(c2cccc(F)c2F)CCCC1.NC1=N[C@@]2(c3cccc(F)c3F)CCCC[C@H]2CS1.OCC1=C(c2cccc(F)c2F)CCCC1. The first-order chi connectivity index (χ1) is 65.0. The zero-order valence-electron chi connectivity index (χ0n) is 76.9. The second-order valence-corrected chi connectivity index (χ2v) is 39.6. The number of aliphatic hydroxyl groups is 1. The molecule has 2 heterocycles. The first kappa shape index (κ1) is 117. The third kappa shape index (κ3) is 31.1. The van der Waals surface area contributed by atoms with Gasteiger partial charge < -0.3 is 35.0 Å². The second kappa shape index (κ2) is 54.3. The molecule has 18 nitrogen and oxygen atoms in total. The molecule has 2 fully saturated rings. The molecule has 6 N–H and O–H groups in total. The van der Waals surface area contributed by atoms with E-state index in [2.05, 4.69) is 13.9 Å². The van der Waals surface area contributed by atoms with Gasteiger partial charge in [-0.2, -0.15) is 21.6 Å². The molecule has 39 heteroatoms. The van der Waals surface area contributed by atoms with E-state index in [4.69, 9.17) is 42.9 Å². The number of nitrogens with one attached hydrogen (secondary N) is 1. The van der Waals surface area contributed by atoms with Crippen LogP contribution in [0.2, 0.25) is 0 Å². The first-order valence-electron chi connectivity index (χ1n) is 45.4. The van der Waals surface area contributed by atoms with Crippen molar-refractivity contribution in [2.75, 3.05) is 43.0 Å². The smallest absolute Gasteiger partial charge is 0.463 e. The molecule has 0 unspecified atom stereocenters. The van der Waals surface area contributed by atoms with Gasteiger partial charge in [0.25, 0.3) is 5.69 Å². The number of thioether (sulfide) groups is 3. The molecule has 6 aromatic carbocycles. The second-order valence-electron chi connectivity index (χ2n) is 34.6. The number of nitrogens with two attached hydrogens (primary N) is 2. The molecule has 139 heavy (non-hydrogen) atoms. The fraction of sp³-hybridized carbons (Fsp3) is 0.480. The van der Waals surface area contributed by atoms with Crippen LogP contribution in [0.15, 0.2) is 147 Å². The highest BCUT2D eigenvalue weighted by molar-refractivity contribution is 8.14. The highest BCUT2D eigenvalue weighted by Crippen LogP contribution is 2.53. The molecule has 4 atom stereocenters. The summed E-state index contributed by atoms with van der Waals surface area (Å²) in [5, 5.41) is 28.7. The number of benzene rings is 6. The lowest BCUT2D eigenvalue weighted by molar-refractivity contribution is -0.385. The number of allylic oxidation sites excluding steroid dienone is 6. The summed E-state index contributed by atoms with van der Waals surface area (Å²) in [4.78, 5) is 55.4. The van der Waals surface area contributed by atoms with E-state index in [1.807, 2.05) is 0 Å². The van der Waals surface area contributed by atoms with Crippen molar-refractivity contribution in [3.05, 3.63) is 250 Å². The lowest BCUT2D eigenvalue weighted by Gasteiger charge is -2.44. The van der Waals surface area contributed by atoms with Gasteiger partial charge in [0.15, 0.2) is 80.1 Å². The van der Waals surface area contributed by atoms with Crippen LogP contribution in [-0.4, -0.2) is 106 Å². The number of nitro groups is 1. The van der Waals surface area contributed by atoms with Crippen molar-refractivity contribution < 1.29 is 117 Å². The number of hydrogen-bond acceptors (Lipinski definition) is 19. The fourth-order valence-corrected chi connectivity index (χ4v) is 21.8. The Bertz CT molecular complexity index is 5620. The summed E-state index contributed by atoms with van der Waals surface area (Å²) >= 11 is 10.0. The maximum Gasteiger partial charge on any atom is 0.534 e. The third-order valence-corrected chi connectivity index (χ3v) is 28.7. The van der Waals surface area contributed by atoms with Crippen LogP contribution in [0.4, 0.5) is 71.5 Å². The molecular formula is C100H117Cl2F15N6O12S4. The summed E-state index contributed by atoms with van der Waals surface area (Å²) in [6, 6.07) is 22.9. The predicted molar refractivity (Wildman–Crippen MR) is 519 cm³/mol. The number of non-ortho nitro benzene ring substituents is 1. The minimum atomic E-state index is -5.74. The number of rotatable bonds is 19. The topological polar surface area (TPSA) is 286 Å². The molecule has 6 aromatic rings. The van der Waals surface area contributed by atoms with Gasteiger partial charge in [-0.15, -0.1) is 35.8 Å². The minimum Gasteiger partial charge on any atom is -0.463 e. The summed E-state index contributed by atoms with van der Waals surface area (Å²) < 4.78 is 242. The Balaban J connectivity index is 0.000000222. The van der Waals surface area contributed by atoms with Gasteiger partial charge in [-0.05, 0) is 252 Å². The first-order valence-corrected chi connectivity index (χ1v) is 50.3. The number of halogens is 17. The quantitative estimate of drug-likeness (QED) is 0.00560. The van der Waals surface area contributed by atoms with Crippen molar-refractivity contribution in [3.8, 4) is 0 Å². The minimum absolute atomic E-state index is 0. The van der Waals surface area contributed by atoms with Gasteiger partial charge in [-0.25, -0.2) is 62.3 Å². The van der Waals surface area contributed by atoms with Crippen LogP contribution in [0.1, 0.15) is 262 Å². The Hall–Kier alpha value is -9.27. The largest absolute Gasteiger partial charge is 0.534 e. The molecule has 0 radical (unpaired) electrons. The van der Waals surface area contributed by atoms with E-state index >= 15 is 0 Å². The standard InChI is InChI=1S/C20H24F2N2O4S.C15H16F2O2.2C14H16F2N2S.C13H13ClF2.C13H14F2O.C10H13F3O5S.CH4.ClH/c1-19(2,3)28-17(25)10-16-23-20(7-5-4-6-12(20)11-29-16)14-8-13(24(26)27)9-15(21)18(14)22;1-2-19-15(18)12-7-4-3-6-10(12)11-8-5-9-13(16)14(11)17;15-11-6-3-5-10(12(11)16)14-7-2-1-4-9(14)8-19-13(17)18-14;15-12-7-3-6-11(13(12)16)10-5-2-1-4-9(10)8-19-14(17)18;14-8-9-4-1-2-5-10(9)11-6-3-7-12(15)13(11)16;14-12-7-3-6-11(13(12)15)10-5-2-1-4-9(10)8-16;1-2-17-9(14)7-5-3-4-6-8(7)18-19(15,16)10(11,12)13;;/h8-9,12H,4-7,10-11H2,1-3H3;5,8-9H,2-4,6-7H2,1H3;3,5-6,9H,1-2,4,7-8H2,(H2,17,18);3,6-7H,1-2,4-5,8H2,(H3,17,18);3,6-7H,1-2,4-5,8H2;3,6-7,16H,1-2,4-5,8H2;2-6H2,1H3;1H4;1H/t12-,20-;;9-,14-;;;;;;/m0.0....../s1. The van der Waals surface area contributed by atoms with Crippen molar-refractivity contribution in [3.63, 3.8) is 0 Å². The van der Waals surface area contributed by atoms with Crippen molar-refractivity contribution in [2.45, 2.75) is 250 Å². The molecule has 0 bridgehead atoms. The van der Waals surface area contributed by atoms with Crippen LogP contribution in [0.3, 0.4) is 0 Å². The zero-order chi connectivity index (χ0) is 100. The van der Waals surface area contributed by atoms with Crippen LogP contribution in [-0.2, 0) is 54.0 Å². The van der Waals surface area contributed by atoms with Gasteiger partial charge in [-0.1, -0.05) is 128 Å². The molecule has 2 saturated carbocycles. The molecular weight excluding hydrogens is 1960 g/mol. The Morgan fingerprint density at radius 3 is 1.42 bits per heavy atom. The molecule has 0 amide bonds. The molecule has 0 saturated heterocycles. The van der Waals surface area contributed by atoms with Gasteiger partial charge in [0.1, 0.15) is 11.4 Å². The van der Waals surface area contributed by atoms with E-state index in [0.717, 1.165) is 210 Å². The number of ether oxygens (including phenoxy) is 3. The van der Waals surface area contributed by atoms with Gasteiger partial charge in [0.05, 0.1) is 58.9 Å². The molecule has 9 aliphatic rings. The highest BCUT2D eigenvalue weighted by atomic mass is 35.5. The fourth-order valence-electron chi connectivity index (χ4n) is 18.0. The number of nitro benzene ring substituents is 1. The molecule has 7 aliphatic carbocycles. The number of amidine groups is 2. The molecule has 0 aromatic heterocycles. The number of nitrogens with zero attached hydrogens (tertiary/aromatic N) is 3. The van der Waals surface area contributed by atoms with E-state index in [1.54, 1.807) is 64.1 Å². The lowest BCUT2D eigenvalue weighted by Crippen LogP contribution is -2.43. The zero-order valence-corrected chi connectivity index (χ0v) is 81.8. The van der Waals surface area contributed by atoms with E-state index in [1.165, 1.54) is 66.5 Å². The number of aliphatic hydroxyl groups excluding tert-OH is 1. The van der Waals surface area contributed by atoms with Crippen molar-refractivity contribution >= 4 is 131 Å². The number of aliphatic imine (C=N–C) groups is 2. The summed E-state index contributed by atoms with van der Waals surface area (Å²) in [7, 11) is -5.74. The van der Waals surface area contributed by atoms with Gasteiger partial charge in [-0.3, -0.25) is 30.3 Å². The summed E-state index contributed by atoms with van der Waals surface area (Å²) in [6.45, 7) is 8.81. The Morgan fingerprint density at radius 1 is 0.547 bits per heavy atom. The average Bonchev–Trinajstić information content (AvgIpc) is 0.786. The van der Waals surface area contributed by atoms with E-state index < -0.39 is 136 Å². The monoisotopic (exact) mass is 2080 g/mol. The molecule has 762 valence electrons. The molecule has 15 rings (SSSR count). The Kier molecular flexibility index (Phi) is 45.6. The Morgan fingerprint density at radius 2 is 0.950 bits per heavy atom. The number of fused-ring (bicyclic) bond motifs is 2. The van der Waals surface area contributed by atoms with E-state index in [-0.39, 0.29) is 92.6 Å². The number of carbonyl (C=O) groups excluding carboxylic acids is 3. The maximum absolute atomic E-state index is 14.8. The average molecular weight is 2080 g/mol. The summed E-state index contributed by atoms with van der Waals surface area (Å²) in [5.74, 6) is -10.0. The van der Waals surface area contributed by atoms with Crippen LogP contribution >= 0.6 is 59.3 Å². The summed E-state index contributed by atoms with van der Waals surface area (Å²) in [5.41, 5.74) is 10.8. The number of esters is 3. The predicted octanol–water partition coefficient (Wildman–Crippen LogP) is 27.4. The number of carbonyl (C=O) groups is 3. The van der Waals surface area contributed by atoms with Crippen LogP contribution in [0.25, 0.3) is 22.3 Å².